The number of likely N-dealkylation sites (N-methyl/N-ethyl adjacent to an activating group) is 1. The molecule has 2 heterocycles. The average Bonchev–Trinajstić information content (AvgIpc) is 2.89. The van der Waals surface area contributed by atoms with Gasteiger partial charge in [-0.1, -0.05) is 41.9 Å². The normalized spacial score (nSPS) is 20.2. The van der Waals surface area contributed by atoms with Gasteiger partial charge in [0, 0.05) is 24.5 Å². The molecule has 1 aromatic heterocycles. The van der Waals surface area contributed by atoms with Gasteiger partial charge in [-0.05, 0) is 47.2 Å². The summed E-state index contributed by atoms with van der Waals surface area (Å²) in [5.74, 6) is -1.07. The molecule has 0 fully saturated rings. The molecule has 1 amide bonds. The number of aromatic hydroxyl groups is 1. The number of carbonyl (C=O) groups excluding carboxylic acids is 1. The Hall–Kier alpha value is -3.12. The maximum Gasteiger partial charge on any atom is 0.275 e. The molecule has 1 aliphatic heterocycles. The van der Waals surface area contributed by atoms with Crippen molar-refractivity contribution in [2.24, 2.45) is 0 Å². The molecule has 2 unspecified atom stereocenters. The summed E-state index contributed by atoms with van der Waals surface area (Å²) in [7, 11) is 1.68. The number of carbonyl (C=O) groups is 1. The van der Waals surface area contributed by atoms with Crippen molar-refractivity contribution in [3.05, 3.63) is 91.9 Å². The van der Waals surface area contributed by atoms with E-state index in [0.29, 0.717) is 11.6 Å². The number of hydrogen-bond donors (Lipinski definition) is 1. The Kier molecular flexibility index (Phi) is 4.40. The van der Waals surface area contributed by atoms with Crippen LogP contribution in [0.3, 0.4) is 0 Å². The summed E-state index contributed by atoms with van der Waals surface area (Å²) >= 11 is 6.30. The lowest BCUT2D eigenvalue weighted by atomic mass is 9.81. The zero-order valence-electron chi connectivity index (χ0n) is 16.4. The van der Waals surface area contributed by atoms with Gasteiger partial charge < -0.3 is 10.0 Å². The highest BCUT2D eigenvalue weighted by Crippen LogP contribution is 2.44. The zero-order valence-corrected chi connectivity index (χ0v) is 17.1. The van der Waals surface area contributed by atoms with Crippen LogP contribution >= 0.6 is 11.6 Å². The van der Waals surface area contributed by atoms with Gasteiger partial charge in [0.05, 0.1) is 12.2 Å². The van der Waals surface area contributed by atoms with Gasteiger partial charge in [-0.2, -0.15) is 5.10 Å². The van der Waals surface area contributed by atoms with Gasteiger partial charge in [0.2, 0.25) is 5.43 Å². The summed E-state index contributed by atoms with van der Waals surface area (Å²) < 4.78 is 1.53. The van der Waals surface area contributed by atoms with Gasteiger partial charge in [0.25, 0.3) is 5.91 Å². The number of nitrogens with zero attached hydrogens (tertiary/aromatic N) is 3. The third-order valence-corrected chi connectivity index (χ3v) is 6.42. The zero-order chi connectivity index (χ0) is 21.0. The molecular formula is C23H20ClN3O3. The second-order valence-electron chi connectivity index (χ2n) is 7.92. The van der Waals surface area contributed by atoms with E-state index in [9.17, 15) is 14.7 Å². The van der Waals surface area contributed by atoms with Gasteiger partial charge in [-0.15, -0.1) is 0 Å². The fourth-order valence-electron chi connectivity index (χ4n) is 4.79. The predicted molar refractivity (Wildman–Crippen MR) is 113 cm³/mol. The highest BCUT2D eigenvalue weighted by Gasteiger charge is 2.40. The Labute approximate surface area is 178 Å². The van der Waals surface area contributed by atoms with Gasteiger partial charge >= 0.3 is 0 Å². The van der Waals surface area contributed by atoms with Crippen LogP contribution in [0.1, 0.15) is 44.7 Å². The van der Waals surface area contributed by atoms with E-state index in [2.05, 4.69) is 17.2 Å². The molecule has 0 saturated carbocycles. The van der Waals surface area contributed by atoms with E-state index >= 15 is 0 Å². The van der Waals surface area contributed by atoms with Crippen molar-refractivity contribution >= 4 is 17.5 Å². The number of benzene rings is 2. The van der Waals surface area contributed by atoms with E-state index in [4.69, 9.17) is 11.6 Å². The fourth-order valence-corrected chi connectivity index (χ4v) is 4.98. The molecule has 3 aromatic rings. The fraction of sp³-hybridized carbons (Fsp3) is 0.261. The minimum atomic E-state index is -0.655. The maximum atomic E-state index is 12.8. The van der Waals surface area contributed by atoms with Crippen molar-refractivity contribution in [1.82, 2.24) is 14.7 Å². The Morgan fingerprint density at radius 2 is 1.80 bits per heavy atom. The minimum absolute atomic E-state index is 0.0570. The molecule has 2 aliphatic rings. The summed E-state index contributed by atoms with van der Waals surface area (Å²) in [6.07, 6.45) is 2.83. The molecule has 0 bridgehead atoms. The number of hydrogen-bond acceptors (Lipinski definition) is 4. The van der Waals surface area contributed by atoms with E-state index in [1.807, 2.05) is 30.3 Å². The number of aryl methyl sites for hydroxylation is 2. The standard InChI is InChI=1S/C23H20ClN3O3/c1-26-12-18(27-21(23(26)30)22(29)19(28)11-25-27)20-16-5-3-2-4-13(16)6-7-14-10-15(24)8-9-17(14)20/h2-5,8-11,18,20,29H,6-7,12H2,1H3. The first-order chi connectivity index (χ1) is 14.5. The Morgan fingerprint density at radius 1 is 1.07 bits per heavy atom. The Bertz CT molecular complexity index is 1240. The first kappa shape index (κ1) is 18.9. The van der Waals surface area contributed by atoms with E-state index in [0.717, 1.165) is 35.7 Å². The van der Waals surface area contributed by atoms with Gasteiger partial charge in [-0.3, -0.25) is 14.3 Å². The smallest absolute Gasteiger partial charge is 0.275 e. The summed E-state index contributed by atoms with van der Waals surface area (Å²) in [6.45, 7) is 0.405. The SMILES string of the molecule is CN1CC(C2c3ccccc3CCc3cc(Cl)ccc32)n2ncc(=O)c(O)c2C1=O. The van der Waals surface area contributed by atoms with E-state index in [1.54, 1.807) is 11.9 Å². The molecule has 6 nitrogen and oxygen atoms in total. The van der Waals surface area contributed by atoms with Gasteiger partial charge in [0.1, 0.15) is 0 Å². The Morgan fingerprint density at radius 3 is 2.63 bits per heavy atom. The van der Waals surface area contributed by atoms with Crippen LogP contribution in [0.15, 0.2) is 53.5 Å². The van der Waals surface area contributed by atoms with Crippen LogP contribution in [0.25, 0.3) is 0 Å². The molecule has 1 aliphatic carbocycles. The minimum Gasteiger partial charge on any atom is -0.502 e. The first-order valence-corrected chi connectivity index (χ1v) is 10.3. The highest BCUT2D eigenvalue weighted by molar-refractivity contribution is 6.30. The molecule has 0 saturated heterocycles. The van der Waals surface area contributed by atoms with Crippen LogP contribution in [0.5, 0.6) is 5.75 Å². The molecule has 30 heavy (non-hydrogen) atoms. The van der Waals surface area contributed by atoms with E-state index in [1.165, 1.54) is 10.2 Å². The molecule has 5 rings (SSSR count). The third kappa shape index (κ3) is 2.82. The van der Waals surface area contributed by atoms with Crippen molar-refractivity contribution < 1.29 is 9.90 Å². The number of halogens is 1. The van der Waals surface area contributed by atoms with Crippen molar-refractivity contribution in [2.45, 2.75) is 24.8 Å². The number of amides is 1. The van der Waals surface area contributed by atoms with Crippen LogP contribution in [0.4, 0.5) is 0 Å². The third-order valence-electron chi connectivity index (χ3n) is 6.19. The molecule has 0 radical (unpaired) electrons. The van der Waals surface area contributed by atoms with Crippen LogP contribution in [-0.2, 0) is 12.8 Å². The van der Waals surface area contributed by atoms with Crippen LogP contribution < -0.4 is 5.43 Å². The number of fused-ring (bicyclic) bond motifs is 3. The van der Waals surface area contributed by atoms with Crippen molar-refractivity contribution in [1.29, 1.82) is 0 Å². The molecule has 2 aromatic carbocycles. The molecule has 0 spiro atoms. The lowest BCUT2D eigenvalue weighted by molar-refractivity contribution is 0.0686. The quantitative estimate of drug-likeness (QED) is 0.655. The summed E-state index contributed by atoms with van der Waals surface area (Å²) in [5.41, 5.74) is 3.98. The average molecular weight is 422 g/mol. The molecule has 7 heteroatoms. The number of aromatic nitrogens is 2. The van der Waals surface area contributed by atoms with Crippen LogP contribution in [-0.4, -0.2) is 39.3 Å². The van der Waals surface area contributed by atoms with E-state index in [-0.39, 0.29) is 17.7 Å². The lowest BCUT2D eigenvalue weighted by Crippen LogP contribution is -2.45. The topological polar surface area (TPSA) is 75.4 Å². The van der Waals surface area contributed by atoms with Crippen LogP contribution in [0.2, 0.25) is 5.02 Å². The number of rotatable bonds is 1. The monoisotopic (exact) mass is 421 g/mol. The van der Waals surface area contributed by atoms with Crippen molar-refractivity contribution in [3.8, 4) is 5.75 Å². The predicted octanol–water partition coefficient (Wildman–Crippen LogP) is 3.16. The first-order valence-electron chi connectivity index (χ1n) is 9.88. The molecule has 1 N–H and O–H groups in total. The lowest BCUT2D eigenvalue weighted by Gasteiger charge is -2.38. The van der Waals surface area contributed by atoms with Gasteiger partial charge in [-0.25, -0.2) is 0 Å². The van der Waals surface area contributed by atoms with Crippen molar-refractivity contribution in [3.63, 3.8) is 0 Å². The second kappa shape index (κ2) is 6.99. The second-order valence-corrected chi connectivity index (χ2v) is 8.36. The molecule has 2 atom stereocenters. The molecular weight excluding hydrogens is 402 g/mol. The summed E-state index contributed by atoms with van der Waals surface area (Å²) in [4.78, 5) is 26.3. The van der Waals surface area contributed by atoms with Crippen LogP contribution in [0, 0.1) is 0 Å². The molecule has 152 valence electrons. The summed E-state index contributed by atoms with van der Waals surface area (Å²) in [5, 5.41) is 15.4. The summed E-state index contributed by atoms with van der Waals surface area (Å²) in [6, 6.07) is 13.9. The van der Waals surface area contributed by atoms with Crippen molar-refractivity contribution in [2.75, 3.05) is 13.6 Å². The van der Waals surface area contributed by atoms with E-state index < -0.39 is 17.1 Å². The highest BCUT2D eigenvalue weighted by atomic mass is 35.5. The Balaban J connectivity index is 1.79. The largest absolute Gasteiger partial charge is 0.502 e. The van der Waals surface area contributed by atoms with Gasteiger partial charge in [0.15, 0.2) is 11.4 Å². The maximum absolute atomic E-state index is 12.8.